The van der Waals surface area contributed by atoms with E-state index >= 15 is 0 Å². The van der Waals surface area contributed by atoms with Crippen molar-refractivity contribution in [3.8, 4) is 0 Å². The van der Waals surface area contributed by atoms with Crippen molar-refractivity contribution in [2.24, 2.45) is 5.92 Å². The maximum Gasteiger partial charge on any atom is 0.305 e. The Bertz CT molecular complexity index is 843. The van der Waals surface area contributed by atoms with Crippen LogP contribution < -0.4 is 0 Å². The van der Waals surface area contributed by atoms with Crippen molar-refractivity contribution in [2.45, 2.75) is 187 Å². The van der Waals surface area contributed by atoms with E-state index in [0.29, 0.717) is 12.8 Å². The molecule has 48 heavy (non-hydrogen) atoms. The highest BCUT2D eigenvalue weighted by Crippen LogP contribution is 2.15. The van der Waals surface area contributed by atoms with Gasteiger partial charge in [0, 0.05) is 12.8 Å². The summed E-state index contributed by atoms with van der Waals surface area (Å²) in [5, 5.41) is 19.8. The average molecular weight is 675 g/mol. The van der Waals surface area contributed by atoms with Crippen molar-refractivity contribution in [2.75, 3.05) is 13.2 Å². The molecular weight excluding hydrogens is 600 g/mol. The zero-order valence-electron chi connectivity index (χ0n) is 31.3. The van der Waals surface area contributed by atoms with Gasteiger partial charge in [-0.2, -0.15) is 0 Å². The van der Waals surface area contributed by atoms with Crippen LogP contribution in [0.3, 0.4) is 0 Å². The van der Waals surface area contributed by atoms with E-state index in [1.807, 2.05) is 18.2 Å². The molecule has 0 aromatic heterocycles. The maximum absolute atomic E-state index is 12.0. The molecule has 0 amide bonds. The Hall–Kier alpha value is -2.18. The third kappa shape index (κ3) is 36.7. The Morgan fingerprint density at radius 1 is 0.562 bits per heavy atom. The number of hydrogen-bond donors (Lipinski definition) is 2. The summed E-state index contributed by atoms with van der Waals surface area (Å²) in [5.41, 5.74) is 0. The number of rotatable bonds is 34. The molecule has 0 aromatic rings. The fourth-order valence-electron chi connectivity index (χ4n) is 5.31. The van der Waals surface area contributed by atoms with Crippen LogP contribution >= 0.6 is 0 Å². The Balaban J connectivity index is 3.57. The summed E-state index contributed by atoms with van der Waals surface area (Å²) in [6.07, 6.45) is 40.7. The first kappa shape index (κ1) is 45.8. The second kappa shape index (κ2) is 36.1. The number of allylic oxidation sites excluding steroid dienone is 7. The number of aliphatic hydroxyl groups excluding tert-OH is 2. The highest BCUT2D eigenvalue weighted by Gasteiger charge is 2.12. The molecule has 0 rings (SSSR count). The van der Waals surface area contributed by atoms with E-state index in [1.165, 1.54) is 77.0 Å². The van der Waals surface area contributed by atoms with E-state index < -0.39 is 6.10 Å². The summed E-state index contributed by atoms with van der Waals surface area (Å²) in [5.74, 6) is 0.187. The Morgan fingerprint density at radius 2 is 1.04 bits per heavy atom. The van der Waals surface area contributed by atoms with E-state index in [-0.39, 0.29) is 37.7 Å². The lowest BCUT2D eigenvalue weighted by molar-refractivity contribution is -0.152. The zero-order chi connectivity index (χ0) is 35.3. The standard InChI is InChI=1S/C42H74O6/c1-4-5-26-32-39(43)33-28-23-19-15-11-9-13-17-21-25-30-35-42(46)48-37-40(44)36-47-41(45)34-29-24-20-16-12-8-6-7-10-14-18-22-27-31-38(2)3/h9,11,17,19,21,23,28,33,38-40,43-44H,4-8,10,12-16,18,20,22,24-27,29-32,34-37H2,1-3H3/b11-9-,21-17-,23-19-,33-28+/t39-,40-/m1/s1. The normalized spacial score (nSPS) is 13.5. The van der Waals surface area contributed by atoms with Crippen LogP contribution in [0.2, 0.25) is 0 Å². The largest absolute Gasteiger partial charge is 0.463 e. The first-order valence-electron chi connectivity index (χ1n) is 19.7. The molecule has 0 heterocycles. The van der Waals surface area contributed by atoms with Crippen molar-refractivity contribution in [1.82, 2.24) is 0 Å². The number of carbonyl (C=O) groups excluding carboxylic acids is 2. The topological polar surface area (TPSA) is 93.1 Å². The summed E-state index contributed by atoms with van der Waals surface area (Å²) >= 11 is 0. The van der Waals surface area contributed by atoms with Crippen LogP contribution in [0.4, 0.5) is 0 Å². The first-order valence-corrected chi connectivity index (χ1v) is 19.7. The molecule has 0 saturated heterocycles. The summed E-state index contributed by atoms with van der Waals surface area (Å²) in [6.45, 7) is 6.47. The number of ether oxygens (including phenoxy) is 2. The Morgan fingerprint density at radius 3 is 1.60 bits per heavy atom. The van der Waals surface area contributed by atoms with Crippen molar-refractivity contribution in [3.05, 3.63) is 48.6 Å². The summed E-state index contributed by atoms with van der Waals surface area (Å²) in [7, 11) is 0. The van der Waals surface area contributed by atoms with Gasteiger partial charge in [0.2, 0.25) is 0 Å². The molecular formula is C42H74O6. The van der Waals surface area contributed by atoms with Gasteiger partial charge in [0.25, 0.3) is 0 Å². The van der Waals surface area contributed by atoms with Gasteiger partial charge in [-0.25, -0.2) is 0 Å². The van der Waals surface area contributed by atoms with Crippen molar-refractivity contribution >= 4 is 11.9 Å². The highest BCUT2D eigenvalue weighted by molar-refractivity contribution is 5.69. The quantitative estimate of drug-likeness (QED) is 0.0305. The molecule has 0 aliphatic carbocycles. The maximum atomic E-state index is 12.0. The number of hydrogen-bond acceptors (Lipinski definition) is 6. The van der Waals surface area contributed by atoms with Gasteiger partial charge in [-0.15, -0.1) is 0 Å². The summed E-state index contributed by atoms with van der Waals surface area (Å²) in [6, 6.07) is 0. The predicted molar refractivity (Wildman–Crippen MR) is 202 cm³/mol. The van der Waals surface area contributed by atoms with Crippen molar-refractivity contribution in [1.29, 1.82) is 0 Å². The molecule has 0 bridgehead atoms. The lowest BCUT2D eigenvalue weighted by Crippen LogP contribution is -2.25. The van der Waals surface area contributed by atoms with Gasteiger partial charge in [0.1, 0.15) is 19.3 Å². The number of esters is 2. The predicted octanol–water partition coefficient (Wildman–Crippen LogP) is 11.1. The van der Waals surface area contributed by atoms with Crippen LogP contribution in [0.1, 0.15) is 175 Å². The minimum Gasteiger partial charge on any atom is -0.463 e. The lowest BCUT2D eigenvalue weighted by Gasteiger charge is -2.12. The van der Waals surface area contributed by atoms with Gasteiger partial charge < -0.3 is 19.7 Å². The first-order chi connectivity index (χ1) is 23.3. The van der Waals surface area contributed by atoms with Crippen LogP contribution in [-0.2, 0) is 19.1 Å². The van der Waals surface area contributed by atoms with E-state index in [1.54, 1.807) is 0 Å². The summed E-state index contributed by atoms with van der Waals surface area (Å²) in [4.78, 5) is 23.9. The second-order valence-corrected chi connectivity index (χ2v) is 13.7. The van der Waals surface area contributed by atoms with Gasteiger partial charge in [-0.1, -0.05) is 172 Å². The van der Waals surface area contributed by atoms with Gasteiger partial charge in [-0.3, -0.25) is 9.59 Å². The van der Waals surface area contributed by atoms with Crippen molar-refractivity contribution in [3.63, 3.8) is 0 Å². The van der Waals surface area contributed by atoms with Gasteiger partial charge in [-0.05, 0) is 44.4 Å². The number of unbranched alkanes of at least 4 members (excludes halogenated alkanes) is 15. The fraction of sp³-hybridized carbons (Fsp3) is 0.762. The van der Waals surface area contributed by atoms with Gasteiger partial charge >= 0.3 is 11.9 Å². The van der Waals surface area contributed by atoms with Gasteiger partial charge in [0.05, 0.1) is 6.10 Å². The Labute approximate surface area is 295 Å². The number of carbonyl (C=O) groups is 2. The molecule has 6 nitrogen and oxygen atoms in total. The minimum absolute atomic E-state index is 0.144. The van der Waals surface area contributed by atoms with Crippen LogP contribution in [-0.4, -0.2) is 47.6 Å². The SMILES string of the molecule is CCCCC[C@@H](O)/C=C/C=C\C/C=C\C/C=C\CCCC(=O)OC[C@H](O)COC(=O)CCCCCCCCCCCCCCCC(C)C. The molecule has 0 saturated carbocycles. The molecule has 0 aliphatic rings. The van der Waals surface area contributed by atoms with Crippen molar-refractivity contribution < 1.29 is 29.3 Å². The monoisotopic (exact) mass is 675 g/mol. The zero-order valence-corrected chi connectivity index (χ0v) is 31.3. The van der Waals surface area contributed by atoms with E-state index in [2.05, 4.69) is 51.2 Å². The van der Waals surface area contributed by atoms with Gasteiger partial charge in [0.15, 0.2) is 0 Å². The molecule has 2 N–H and O–H groups in total. The minimum atomic E-state index is -0.998. The molecule has 278 valence electrons. The highest BCUT2D eigenvalue weighted by atomic mass is 16.6. The van der Waals surface area contributed by atoms with Crippen LogP contribution in [0.25, 0.3) is 0 Å². The van der Waals surface area contributed by atoms with E-state index in [9.17, 15) is 19.8 Å². The molecule has 0 fully saturated rings. The summed E-state index contributed by atoms with van der Waals surface area (Å²) < 4.78 is 10.3. The van der Waals surface area contributed by atoms with Crippen LogP contribution in [0, 0.1) is 5.92 Å². The molecule has 0 unspecified atom stereocenters. The lowest BCUT2D eigenvalue weighted by atomic mass is 10.0. The fourth-order valence-corrected chi connectivity index (χ4v) is 5.31. The molecule has 0 radical (unpaired) electrons. The molecule has 2 atom stereocenters. The van der Waals surface area contributed by atoms with Crippen LogP contribution in [0.15, 0.2) is 48.6 Å². The van der Waals surface area contributed by atoms with E-state index in [0.717, 1.165) is 63.7 Å². The average Bonchev–Trinajstić information content (AvgIpc) is 3.06. The number of aliphatic hydroxyl groups is 2. The third-order valence-electron chi connectivity index (χ3n) is 8.35. The molecule has 0 spiro atoms. The Kier molecular flexibility index (Phi) is 34.5. The smallest absolute Gasteiger partial charge is 0.305 e. The molecule has 6 heteroatoms. The second-order valence-electron chi connectivity index (χ2n) is 13.7. The molecule has 0 aliphatic heterocycles. The van der Waals surface area contributed by atoms with E-state index in [4.69, 9.17) is 9.47 Å². The third-order valence-corrected chi connectivity index (χ3v) is 8.35. The van der Waals surface area contributed by atoms with Crippen LogP contribution in [0.5, 0.6) is 0 Å². The molecule has 0 aromatic carbocycles.